The summed E-state index contributed by atoms with van der Waals surface area (Å²) in [6.07, 6.45) is 5.03. The normalized spacial score (nSPS) is 10.7. The monoisotopic (exact) mass is 267 g/mol. The predicted molar refractivity (Wildman–Crippen MR) is 82.8 cm³/mol. The van der Waals surface area contributed by atoms with Gasteiger partial charge in [-0.15, -0.1) is 11.6 Å². The summed E-state index contributed by atoms with van der Waals surface area (Å²) in [6.45, 7) is 9.02. The summed E-state index contributed by atoms with van der Waals surface area (Å²) in [4.78, 5) is 2.53. The molecule has 0 saturated heterocycles. The van der Waals surface area contributed by atoms with Crippen molar-refractivity contribution < 1.29 is 0 Å². The topological polar surface area (TPSA) is 3.24 Å². The van der Waals surface area contributed by atoms with Crippen LogP contribution in [-0.4, -0.2) is 13.1 Å². The molecule has 18 heavy (non-hydrogen) atoms. The highest BCUT2D eigenvalue weighted by atomic mass is 35.5. The molecule has 0 radical (unpaired) electrons. The molecule has 0 aliphatic carbocycles. The standard InChI is InChI=1S/C16H26ClN/c1-4-6-10-18(11-7-5-2)16-9-8-15(13-17)12-14(16)3/h8-9,12H,4-7,10-11,13H2,1-3H3. The molecule has 1 aromatic rings. The fourth-order valence-electron chi connectivity index (χ4n) is 2.21. The maximum atomic E-state index is 5.88. The Bertz CT molecular complexity index is 341. The van der Waals surface area contributed by atoms with Gasteiger partial charge in [0.25, 0.3) is 0 Å². The van der Waals surface area contributed by atoms with E-state index in [-0.39, 0.29) is 0 Å². The fourth-order valence-corrected chi connectivity index (χ4v) is 2.37. The van der Waals surface area contributed by atoms with E-state index in [0.717, 1.165) is 13.1 Å². The Morgan fingerprint density at radius 2 is 1.67 bits per heavy atom. The highest BCUT2D eigenvalue weighted by Gasteiger charge is 2.08. The van der Waals surface area contributed by atoms with Crippen molar-refractivity contribution in [1.82, 2.24) is 0 Å². The quantitative estimate of drug-likeness (QED) is 0.590. The molecule has 0 heterocycles. The Kier molecular flexibility index (Phi) is 7.19. The lowest BCUT2D eigenvalue weighted by atomic mass is 10.1. The van der Waals surface area contributed by atoms with Crippen molar-refractivity contribution in [3.8, 4) is 0 Å². The number of halogens is 1. The van der Waals surface area contributed by atoms with Gasteiger partial charge >= 0.3 is 0 Å². The Hall–Kier alpha value is -0.690. The Morgan fingerprint density at radius 1 is 1.06 bits per heavy atom. The molecule has 0 aliphatic heterocycles. The minimum Gasteiger partial charge on any atom is -0.371 e. The molecule has 0 amide bonds. The average Bonchev–Trinajstić information content (AvgIpc) is 2.39. The van der Waals surface area contributed by atoms with Crippen LogP contribution < -0.4 is 4.90 Å². The van der Waals surface area contributed by atoms with Crippen molar-refractivity contribution in [2.24, 2.45) is 0 Å². The highest BCUT2D eigenvalue weighted by Crippen LogP contribution is 2.23. The first-order chi connectivity index (χ1) is 8.72. The van der Waals surface area contributed by atoms with Gasteiger partial charge in [-0.25, -0.2) is 0 Å². The van der Waals surface area contributed by atoms with Crippen molar-refractivity contribution in [1.29, 1.82) is 0 Å². The van der Waals surface area contributed by atoms with Crippen LogP contribution in [0.4, 0.5) is 5.69 Å². The molecule has 102 valence electrons. The van der Waals surface area contributed by atoms with E-state index in [1.807, 2.05) is 0 Å². The molecule has 0 unspecified atom stereocenters. The van der Waals surface area contributed by atoms with Crippen molar-refractivity contribution in [3.63, 3.8) is 0 Å². The molecule has 0 N–H and O–H groups in total. The van der Waals surface area contributed by atoms with Gasteiger partial charge < -0.3 is 4.90 Å². The smallest absolute Gasteiger partial charge is 0.0474 e. The van der Waals surface area contributed by atoms with Gasteiger partial charge in [0.15, 0.2) is 0 Å². The number of benzene rings is 1. The first kappa shape index (κ1) is 15.4. The van der Waals surface area contributed by atoms with Crippen molar-refractivity contribution in [2.45, 2.75) is 52.3 Å². The third-order valence-corrected chi connectivity index (χ3v) is 3.63. The van der Waals surface area contributed by atoms with Gasteiger partial charge in [-0.2, -0.15) is 0 Å². The van der Waals surface area contributed by atoms with Crippen LogP contribution in [0.15, 0.2) is 18.2 Å². The van der Waals surface area contributed by atoms with Gasteiger partial charge in [0, 0.05) is 24.7 Å². The number of hydrogen-bond acceptors (Lipinski definition) is 1. The zero-order valence-electron chi connectivity index (χ0n) is 12.0. The molecule has 0 aliphatic rings. The van der Waals surface area contributed by atoms with Crippen LogP contribution in [0.3, 0.4) is 0 Å². The second-order valence-corrected chi connectivity index (χ2v) is 5.22. The molecular formula is C16H26ClN. The van der Waals surface area contributed by atoms with Gasteiger partial charge in [-0.1, -0.05) is 38.8 Å². The van der Waals surface area contributed by atoms with Crippen molar-refractivity contribution in [3.05, 3.63) is 29.3 Å². The van der Waals surface area contributed by atoms with Crippen LogP contribution in [0.5, 0.6) is 0 Å². The largest absolute Gasteiger partial charge is 0.371 e. The number of unbranched alkanes of at least 4 members (excludes halogenated alkanes) is 2. The van der Waals surface area contributed by atoms with Crippen LogP contribution in [-0.2, 0) is 5.88 Å². The number of aryl methyl sites for hydroxylation is 1. The summed E-state index contributed by atoms with van der Waals surface area (Å²) >= 11 is 5.88. The Balaban J connectivity index is 2.82. The number of nitrogens with zero attached hydrogens (tertiary/aromatic N) is 1. The van der Waals surface area contributed by atoms with Crippen molar-refractivity contribution >= 4 is 17.3 Å². The molecule has 2 heteroatoms. The van der Waals surface area contributed by atoms with E-state index in [4.69, 9.17) is 11.6 Å². The SMILES string of the molecule is CCCCN(CCCC)c1ccc(CCl)cc1C. The second-order valence-electron chi connectivity index (χ2n) is 4.95. The summed E-state index contributed by atoms with van der Waals surface area (Å²) in [7, 11) is 0. The lowest BCUT2D eigenvalue weighted by Gasteiger charge is -2.26. The Morgan fingerprint density at radius 3 is 2.11 bits per heavy atom. The van der Waals surface area contributed by atoms with Gasteiger partial charge in [-0.3, -0.25) is 0 Å². The van der Waals surface area contributed by atoms with E-state index in [2.05, 4.69) is 43.9 Å². The average molecular weight is 268 g/mol. The van der Waals surface area contributed by atoms with E-state index < -0.39 is 0 Å². The summed E-state index contributed by atoms with van der Waals surface area (Å²) < 4.78 is 0. The first-order valence-electron chi connectivity index (χ1n) is 7.13. The van der Waals surface area contributed by atoms with Gasteiger partial charge in [0.2, 0.25) is 0 Å². The van der Waals surface area contributed by atoms with E-state index in [0.29, 0.717) is 5.88 Å². The van der Waals surface area contributed by atoms with Gasteiger partial charge in [0.1, 0.15) is 0 Å². The minimum absolute atomic E-state index is 0.602. The molecular weight excluding hydrogens is 242 g/mol. The van der Waals surface area contributed by atoms with Crippen LogP contribution >= 0.6 is 11.6 Å². The van der Waals surface area contributed by atoms with Gasteiger partial charge in [-0.05, 0) is 37.0 Å². The summed E-state index contributed by atoms with van der Waals surface area (Å²) in [5.74, 6) is 0.602. The molecule has 0 saturated carbocycles. The predicted octanol–water partition coefficient (Wildman–Crippen LogP) is 5.14. The lowest BCUT2D eigenvalue weighted by Crippen LogP contribution is -2.26. The first-order valence-corrected chi connectivity index (χ1v) is 7.66. The zero-order valence-corrected chi connectivity index (χ0v) is 12.8. The molecule has 1 nitrogen and oxygen atoms in total. The van der Waals surface area contributed by atoms with E-state index in [1.54, 1.807) is 0 Å². The van der Waals surface area contributed by atoms with Crippen LogP contribution in [0, 0.1) is 6.92 Å². The minimum atomic E-state index is 0.602. The molecule has 0 aromatic heterocycles. The van der Waals surface area contributed by atoms with E-state index in [1.165, 1.54) is 42.5 Å². The highest BCUT2D eigenvalue weighted by molar-refractivity contribution is 6.17. The molecule has 0 fully saturated rings. The number of anilines is 1. The van der Waals surface area contributed by atoms with Crippen LogP contribution in [0.1, 0.15) is 50.7 Å². The summed E-state index contributed by atoms with van der Waals surface area (Å²) in [5.41, 5.74) is 3.94. The zero-order chi connectivity index (χ0) is 13.4. The number of rotatable bonds is 8. The van der Waals surface area contributed by atoms with E-state index in [9.17, 15) is 0 Å². The Labute approximate surface area is 117 Å². The second kappa shape index (κ2) is 8.42. The summed E-state index contributed by atoms with van der Waals surface area (Å²) in [5, 5.41) is 0. The third kappa shape index (κ3) is 4.53. The molecule has 1 rings (SSSR count). The van der Waals surface area contributed by atoms with E-state index >= 15 is 0 Å². The molecule has 0 atom stereocenters. The third-order valence-electron chi connectivity index (χ3n) is 3.32. The molecule has 1 aromatic carbocycles. The molecule has 0 bridgehead atoms. The van der Waals surface area contributed by atoms with Crippen molar-refractivity contribution in [2.75, 3.05) is 18.0 Å². The van der Waals surface area contributed by atoms with Crippen LogP contribution in [0.25, 0.3) is 0 Å². The van der Waals surface area contributed by atoms with Crippen LogP contribution in [0.2, 0.25) is 0 Å². The maximum Gasteiger partial charge on any atom is 0.0474 e. The molecule has 0 spiro atoms. The number of alkyl halides is 1. The summed E-state index contributed by atoms with van der Waals surface area (Å²) in [6, 6.07) is 6.60. The lowest BCUT2D eigenvalue weighted by molar-refractivity contribution is 0.676. The fraction of sp³-hybridized carbons (Fsp3) is 0.625. The number of hydrogen-bond donors (Lipinski definition) is 0. The maximum absolute atomic E-state index is 5.88. The van der Waals surface area contributed by atoms with Gasteiger partial charge in [0.05, 0.1) is 0 Å².